The first kappa shape index (κ1) is 17.1. The van der Waals surface area contributed by atoms with Crippen LogP contribution in [0.5, 0.6) is 5.75 Å². The summed E-state index contributed by atoms with van der Waals surface area (Å²) in [6, 6.07) is 3.31. The molecule has 126 valence electrons. The second kappa shape index (κ2) is 6.06. The fourth-order valence-corrected chi connectivity index (χ4v) is 2.52. The van der Waals surface area contributed by atoms with Crippen molar-refractivity contribution in [1.29, 1.82) is 0 Å². The van der Waals surface area contributed by atoms with Crippen molar-refractivity contribution >= 4 is 11.8 Å². The Morgan fingerprint density at radius 1 is 1.43 bits per heavy atom. The lowest BCUT2D eigenvalue weighted by Crippen LogP contribution is -2.31. The minimum atomic E-state index is -1.02. The number of hydrogen-bond acceptors (Lipinski definition) is 4. The van der Waals surface area contributed by atoms with Crippen molar-refractivity contribution in [1.82, 2.24) is 4.90 Å². The number of amides is 1. The first-order valence-corrected chi connectivity index (χ1v) is 7.50. The number of methoxy groups -OCH3 is 1. The van der Waals surface area contributed by atoms with Crippen molar-refractivity contribution in [2.24, 2.45) is 0 Å². The molecule has 0 aliphatic heterocycles. The predicted molar refractivity (Wildman–Crippen MR) is 84.9 cm³/mol. The van der Waals surface area contributed by atoms with Crippen LogP contribution < -0.4 is 4.74 Å². The van der Waals surface area contributed by atoms with Gasteiger partial charge in [0.2, 0.25) is 5.75 Å². The van der Waals surface area contributed by atoms with Gasteiger partial charge < -0.3 is 14.7 Å². The molecule has 0 radical (unpaired) electrons. The zero-order chi connectivity index (χ0) is 17.4. The minimum Gasteiger partial charge on any atom is -0.490 e. The molecule has 23 heavy (non-hydrogen) atoms. The second-order valence-electron chi connectivity index (χ2n) is 6.84. The molecule has 0 heterocycles. The largest absolute Gasteiger partial charge is 0.490 e. The molecule has 1 aliphatic rings. The number of nitro benzene ring substituents is 1. The maximum Gasteiger partial charge on any atom is 0.407 e. The van der Waals surface area contributed by atoms with Crippen LogP contribution in [0.25, 0.3) is 0 Å². The first-order valence-electron chi connectivity index (χ1n) is 7.50. The lowest BCUT2D eigenvalue weighted by Gasteiger charge is -2.24. The normalized spacial score (nSPS) is 14.4. The summed E-state index contributed by atoms with van der Waals surface area (Å²) >= 11 is 0. The van der Waals surface area contributed by atoms with Crippen LogP contribution in [0.4, 0.5) is 10.5 Å². The van der Waals surface area contributed by atoms with Gasteiger partial charge in [0, 0.05) is 17.7 Å². The summed E-state index contributed by atoms with van der Waals surface area (Å²) in [5.41, 5.74) is 0.887. The molecule has 1 aliphatic carbocycles. The molecule has 2 rings (SSSR count). The Morgan fingerprint density at radius 3 is 2.43 bits per heavy atom. The van der Waals surface area contributed by atoms with E-state index in [9.17, 15) is 20.0 Å². The summed E-state index contributed by atoms with van der Waals surface area (Å²) in [5.74, 6) is 0.134. The molecule has 1 saturated carbocycles. The van der Waals surface area contributed by atoms with Gasteiger partial charge in [0.15, 0.2) is 0 Å². The third-order valence-electron chi connectivity index (χ3n) is 3.99. The number of ether oxygens (including phenoxy) is 1. The fourth-order valence-electron chi connectivity index (χ4n) is 2.52. The van der Waals surface area contributed by atoms with Gasteiger partial charge in [0.1, 0.15) is 0 Å². The summed E-state index contributed by atoms with van der Waals surface area (Å²) in [6.07, 6.45) is 0.643. The van der Waals surface area contributed by atoms with Gasteiger partial charge in [-0.05, 0) is 29.9 Å². The molecule has 0 bridgehead atoms. The summed E-state index contributed by atoms with van der Waals surface area (Å²) in [5, 5.41) is 20.7. The zero-order valence-corrected chi connectivity index (χ0v) is 13.8. The Bertz CT molecular complexity index is 632. The van der Waals surface area contributed by atoms with Gasteiger partial charge in [-0.1, -0.05) is 20.8 Å². The maximum atomic E-state index is 11.4. The van der Waals surface area contributed by atoms with Crippen molar-refractivity contribution < 1.29 is 19.6 Å². The van der Waals surface area contributed by atoms with Crippen molar-refractivity contribution in [3.8, 4) is 5.75 Å². The Kier molecular flexibility index (Phi) is 4.49. The highest BCUT2D eigenvalue weighted by molar-refractivity contribution is 5.67. The number of nitrogens with zero attached hydrogens (tertiary/aromatic N) is 2. The van der Waals surface area contributed by atoms with Gasteiger partial charge in [-0.3, -0.25) is 10.1 Å². The second-order valence-corrected chi connectivity index (χ2v) is 6.84. The number of carboxylic acid groups (broad SMARTS) is 1. The molecule has 1 aromatic rings. The molecule has 0 unspecified atom stereocenters. The molecule has 1 amide bonds. The average molecular weight is 322 g/mol. The first-order chi connectivity index (χ1) is 10.6. The number of carbonyl (C=O) groups is 1. The van der Waals surface area contributed by atoms with Crippen molar-refractivity contribution in [2.75, 3.05) is 7.11 Å². The van der Waals surface area contributed by atoms with Crippen molar-refractivity contribution in [2.45, 2.75) is 51.6 Å². The van der Waals surface area contributed by atoms with E-state index in [0.29, 0.717) is 5.56 Å². The van der Waals surface area contributed by atoms with Gasteiger partial charge in [-0.25, -0.2) is 4.79 Å². The molecule has 0 atom stereocenters. The van der Waals surface area contributed by atoms with Gasteiger partial charge in [-0.15, -0.1) is 0 Å². The third kappa shape index (κ3) is 3.72. The Balaban J connectivity index is 2.52. The quantitative estimate of drug-likeness (QED) is 0.661. The molecular weight excluding hydrogens is 300 g/mol. The zero-order valence-electron chi connectivity index (χ0n) is 13.8. The molecule has 1 aromatic carbocycles. The van der Waals surface area contributed by atoms with Crippen LogP contribution in [0.15, 0.2) is 12.1 Å². The van der Waals surface area contributed by atoms with E-state index in [2.05, 4.69) is 0 Å². The van der Waals surface area contributed by atoms with Crippen molar-refractivity contribution in [3.05, 3.63) is 33.4 Å². The maximum absolute atomic E-state index is 11.4. The molecule has 7 heteroatoms. The van der Waals surface area contributed by atoms with Gasteiger partial charge >= 0.3 is 11.8 Å². The molecule has 0 aromatic heterocycles. The van der Waals surface area contributed by atoms with E-state index in [-0.39, 0.29) is 29.4 Å². The number of benzene rings is 1. The van der Waals surface area contributed by atoms with Crippen LogP contribution in [-0.2, 0) is 12.0 Å². The van der Waals surface area contributed by atoms with E-state index in [1.807, 2.05) is 26.8 Å². The summed E-state index contributed by atoms with van der Waals surface area (Å²) in [7, 11) is 1.37. The third-order valence-corrected chi connectivity index (χ3v) is 3.99. The van der Waals surface area contributed by atoms with Crippen molar-refractivity contribution in [3.63, 3.8) is 0 Å². The van der Waals surface area contributed by atoms with E-state index in [4.69, 9.17) is 4.74 Å². The van der Waals surface area contributed by atoms with Crippen LogP contribution in [0, 0.1) is 10.1 Å². The SMILES string of the molecule is COc1c(CN(C(=O)O)C2CC2)cc(C(C)(C)C)cc1[N+](=O)[O-]. The Morgan fingerprint density at radius 2 is 2.04 bits per heavy atom. The molecule has 0 saturated heterocycles. The molecule has 1 N–H and O–H groups in total. The van der Waals surface area contributed by atoms with Crippen LogP contribution in [0.3, 0.4) is 0 Å². The summed E-state index contributed by atoms with van der Waals surface area (Å²) in [4.78, 5) is 23.7. The smallest absolute Gasteiger partial charge is 0.407 e. The van der Waals surface area contributed by atoms with E-state index in [1.165, 1.54) is 18.1 Å². The number of hydrogen-bond donors (Lipinski definition) is 1. The molecule has 0 spiro atoms. The monoisotopic (exact) mass is 322 g/mol. The van der Waals surface area contributed by atoms with E-state index >= 15 is 0 Å². The van der Waals surface area contributed by atoms with Crippen LogP contribution in [-0.4, -0.2) is 34.2 Å². The average Bonchev–Trinajstić information content (AvgIpc) is 3.26. The molecule has 1 fully saturated rings. The topological polar surface area (TPSA) is 92.9 Å². The predicted octanol–water partition coefficient (Wildman–Crippen LogP) is 3.54. The van der Waals surface area contributed by atoms with E-state index in [1.54, 1.807) is 0 Å². The van der Waals surface area contributed by atoms with Gasteiger partial charge in [-0.2, -0.15) is 0 Å². The standard InChI is InChI=1S/C16H22N2O5/c1-16(2,3)11-7-10(9-17(15(19)20)12-5-6-12)14(23-4)13(8-11)18(21)22/h7-8,12H,5-6,9H2,1-4H3,(H,19,20). The number of nitro groups is 1. The highest BCUT2D eigenvalue weighted by Gasteiger charge is 2.34. The molecule has 7 nitrogen and oxygen atoms in total. The Hall–Kier alpha value is -2.31. The fraction of sp³-hybridized carbons (Fsp3) is 0.562. The number of rotatable bonds is 5. The highest BCUT2D eigenvalue weighted by atomic mass is 16.6. The van der Waals surface area contributed by atoms with Crippen LogP contribution >= 0.6 is 0 Å². The highest BCUT2D eigenvalue weighted by Crippen LogP contribution is 2.38. The van der Waals surface area contributed by atoms with Crippen LogP contribution in [0.2, 0.25) is 0 Å². The minimum absolute atomic E-state index is 0.00504. The van der Waals surface area contributed by atoms with Gasteiger partial charge in [0.25, 0.3) is 0 Å². The lowest BCUT2D eigenvalue weighted by molar-refractivity contribution is -0.385. The van der Waals surface area contributed by atoms with Crippen LogP contribution in [0.1, 0.15) is 44.7 Å². The lowest BCUT2D eigenvalue weighted by atomic mass is 9.85. The summed E-state index contributed by atoms with van der Waals surface area (Å²) in [6.45, 7) is 5.96. The van der Waals surface area contributed by atoms with Gasteiger partial charge in [0.05, 0.1) is 18.6 Å². The van der Waals surface area contributed by atoms with E-state index < -0.39 is 11.0 Å². The molecular formula is C16H22N2O5. The van der Waals surface area contributed by atoms with E-state index in [0.717, 1.165) is 18.4 Å². The Labute approximate surface area is 135 Å². The summed E-state index contributed by atoms with van der Waals surface area (Å²) < 4.78 is 5.22.